The van der Waals surface area contributed by atoms with Crippen molar-refractivity contribution in [3.63, 3.8) is 0 Å². The molecule has 6 rings (SSSR count). The molecule has 6 aromatic rings. The molecule has 0 atom stereocenters. The third-order valence-electron chi connectivity index (χ3n) is 6.16. The summed E-state index contributed by atoms with van der Waals surface area (Å²) in [5, 5.41) is 0. The van der Waals surface area contributed by atoms with Crippen molar-refractivity contribution < 1.29 is 21.1 Å². The van der Waals surface area contributed by atoms with Gasteiger partial charge in [-0.25, -0.2) is 0 Å². The maximum absolute atomic E-state index is 4.53. The van der Waals surface area contributed by atoms with Crippen LogP contribution in [0.2, 0.25) is 0 Å². The van der Waals surface area contributed by atoms with Gasteiger partial charge in [0.05, 0.1) is 0 Å². The summed E-state index contributed by atoms with van der Waals surface area (Å²) >= 11 is 0. The second-order valence-corrected chi connectivity index (χ2v) is 8.58. The SMILES string of the molecule is [Pt+2].[c-]1c(-c2ccccn2)cccc1N(c1[c-]c(-c2ccccn2)ccc1)c1ccc(-c2ccccc2)cc1. The molecule has 4 heteroatoms. The predicted octanol–water partition coefficient (Wildman–Crippen LogP) is 8.55. The van der Waals surface area contributed by atoms with E-state index in [2.05, 4.69) is 87.7 Å². The van der Waals surface area contributed by atoms with Crippen LogP contribution in [0.1, 0.15) is 0 Å². The molecule has 0 spiro atoms. The maximum Gasteiger partial charge on any atom is 2.00 e. The Kier molecular flexibility index (Phi) is 7.87. The standard InChI is InChI=1S/C34H23N3.Pt/c1-2-10-26(11-3-1)27-18-20-30(21-19-27)37(31-14-8-12-28(24-31)33-16-4-6-22-35-33)32-15-9-13-29(25-32)34-17-5-7-23-36-34;/h1-23H;/q-2;+2. The first-order valence-electron chi connectivity index (χ1n) is 12.2. The van der Waals surface area contributed by atoms with Crippen LogP contribution in [-0.4, -0.2) is 9.97 Å². The number of anilines is 3. The molecule has 0 aliphatic heterocycles. The molecule has 0 aliphatic rings. The summed E-state index contributed by atoms with van der Waals surface area (Å²) in [6.45, 7) is 0. The summed E-state index contributed by atoms with van der Waals surface area (Å²) in [6, 6.07) is 50.3. The van der Waals surface area contributed by atoms with Gasteiger partial charge in [-0.15, -0.1) is 59.7 Å². The summed E-state index contributed by atoms with van der Waals surface area (Å²) in [4.78, 5) is 11.2. The Morgan fingerprint density at radius 2 is 0.947 bits per heavy atom. The minimum absolute atomic E-state index is 0. The molecule has 184 valence electrons. The number of hydrogen-bond donors (Lipinski definition) is 0. The van der Waals surface area contributed by atoms with Crippen LogP contribution in [0.25, 0.3) is 33.6 Å². The summed E-state index contributed by atoms with van der Waals surface area (Å²) in [6.07, 6.45) is 3.61. The molecule has 2 aromatic heterocycles. The molecule has 0 radical (unpaired) electrons. The van der Waals surface area contributed by atoms with Crippen molar-refractivity contribution in [1.29, 1.82) is 0 Å². The Balaban J connectivity index is 0.00000294. The van der Waals surface area contributed by atoms with Gasteiger partial charge >= 0.3 is 21.1 Å². The quantitative estimate of drug-likeness (QED) is 0.167. The molecular formula is C34H23N3Pt. The molecule has 0 aliphatic carbocycles. The van der Waals surface area contributed by atoms with Gasteiger partial charge in [-0.2, -0.15) is 0 Å². The summed E-state index contributed by atoms with van der Waals surface area (Å²) in [5.74, 6) is 0. The zero-order valence-electron chi connectivity index (χ0n) is 20.4. The van der Waals surface area contributed by atoms with E-state index in [1.165, 1.54) is 11.1 Å². The molecule has 0 N–H and O–H groups in total. The van der Waals surface area contributed by atoms with Crippen LogP contribution < -0.4 is 4.90 Å². The molecule has 2 heterocycles. The number of nitrogens with zero attached hydrogens (tertiary/aromatic N) is 3. The van der Waals surface area contributed by atoms with Crippen LogP contribution in [0.15, 0.2) is 140 Å². The van der Waals surface area contributed by atoms with E-state index in [1.807, 2.05) is 66.7 Å². The van der Waals surface area contributed by atoms with Gasteiger partial charge in [0.25, 0.3) is 0 Å². The summed E-state index contributed by atoms with van der Waals surface area (Å²) < 4.78 is 0. The van der Waals surface area contributed by atoms with Gasteiger partial charge in [-0.3, -0.25) is 0 Å². The topological polar surface area (TPSA) is 29.0 Å². The first-order chi connectivity index (χ1) is 18.3. The van der Waals surface area contributed by atoms with E-state index < -0.39 is 0 Å². The Morgan fingerprint density at radius 3 is 1.45 bits per heavy atom. The van der Waals surface area contributed by atoms with Crippen molar-refractivity contribution in [2.24, 2.45) is 0 Å². The van der Waals surface area contributed by atoms with E-state index in [1.54, 1.807) is 12.4 Å². The van der Waals surface area contributed by atoms with Crippen molar-refractivity contribution in [3.8, 4) is 33.6 Å². The molecular weight excluding hydrogens is 645 g/mol. The van der Waals surface area contributed by atoms with Crippen LogP contribution in [0.3, 0.4) is 0 Å². The van der Waals surface area contributed by atoms with Gasteiger partial charge in [-0.05, 0) is 58.2 Å². The Bertz CT molecular complexity index is 1520. The second kappa shape index (κ2) is 11.8. The zero-order chi connectivity index (χ0) is 24.9. The third kappa shape index (κ3) is 5.49. The Morgan fingerprint density at radius 1 is 0.447 bits per heavy atom. The number of hydrogen-bond acceptors (Lipinski definition) is 3. The van der Waals surface area contributed by atoms with Crippen LogP contribution in [-0.2, 0) is 21.1 Å². The molecule has 3 nitrogen and oxygen atoms in total. The molecule has 0 saturated heterocycles. The first kappa shape index (κ1) is 25.3. The van der Waals surface area contributed by atoms with Gasteiger partial charge in [0.1, 0.15) is 0 Å². The maximum atomic E-state index is 4.53. The van der Waals surface area contributed by atoms with Crippen molar-refractivity contribution >= 4 is 17.1 Å². The fraction of sp³-hybridized carbons (Fsp3) is 0. The summed E-state index contributed by atoms with van der Waals surface area (Å²) in [5.41, 5.74) is 8.83. The fourth-order valence-electron chi connectivity index (χ4n) is 4.36. The van der Waals surface area contributed by atoms with Gasteiger partial charge in [0.15, 0.2) is 0 Å². The number of aromatic nitrogens is 2. The molecule has 0 bridgehead atoms. The zero-order valence-corrected chi connectivity index (χ0v) is 22.7. The van der Waals surface area contributed by atoms with Gasteiger partial charge in [-0.1, -0.05) is 66.7 Å². The number of benzene rings is 4. The smallest absolute Gasteiger partial charge is 0.346 e. The normalized spacial score (nSPS) is 10.4. The average molecular weight is 669 g/mol. The van der Waals surface area contributed by atoms with E-state index in [0.717, 1.165) is 39.6 Å². The minimum Gasteiger partial charge on any atom is -0.346 e. The third-order valence-corrected chi connectivity index (χ3v) is 6.16. The second-order valence-electron chi connectivity index (χ2n) is 8.58. The van der Waals surface area contributed by atoms with E-state index in [9.17, 15) is 0 Å². The van der Waals surface area contributed by atoms with Crippen LogP contribution in [0.5, 0.6) is 0 Å². The van der Waals surface area contributed by atoms with Gasteiger partial charge in [0, 0.05) is 18.1 Å². The molecule has 0 saturated carbocycles. The number of pyridine rings is 2. The molecule has 0 unspecified atom stereocenters. The Labute approximate surface area is 237 Å². The van der Waals surface area contributed by atoms with Crippen molar-refractivity contribution in [2.75, 3.05) is 4.90 Å². The van der Waals surface area contributed by atoms with Crippen molar-refractivity contribution in [1.82, 2.24) is 9.97 Å². The van der Waals surface area contributed by atoms with E-state index in [4.69, 9.17) is 0 Å². The molecule has 0 amide bonds. The van der Waals surface area contributed by atoms with Crippen molar-refractivity contribution in [2.45, 2.75) is 0 Å². The van der Waals surface area contributed by atoms with Gasteiger partial charge < -0.3 is 14.9 Å². The summed E-state index contributed by atoms with van der Waals surface area (Å²) in [7, 11) is 0. The van der Waals surface area contributed by atoms with Gasteiger partial charge in [0.2, 0.25) is 0 Å². The van der Waals surface area contributed by atoms with E-state index >= 15 is 0 Å². The molecule has 38 heavy (non-hydrogen) atoms. The minimum atomic E-state index is 0. The van der Waals surface area contributed by atoms with Crippen LogP contribution in [0.4, 0.5) is 17.1 Å². The van der Waals surface area contributed by atoms with Crippen LogP contribution >= 0.6 is 0 Å². The van der Waals surface area contributed by atoms with E-state index in [-0.39, 0.29) is 21.1 Å². The largest absolute Gasteiger partial charge is 2.00 e. The van der Waals surface area contributed by atoms with E-state index in [0.29, 0.717) is 0 Å². The molecule has 0 fully saturated rings. The first-order valence-corrected chi connectivity index (χ1v) is 12.2. The fourth-order valence-corrected chi connectivity index (χ4v) is 4.36. The monoisotopic (exact) mass is 668 g/mol. The number of rotatable bonds is 6. The van der Waals surface area contributed by atoms with Crippen molar-refractivity contribution in [3.05, 3.63) is 152 Å². The average Bonchev–Trinajstić information content (AvgIpc) is 2.99. The molecule has 4 aromatic carbocycles. The Hall–Kier alpha value is -4.33. The van der Waals surface area contributed by atoms with Crippen LogP contribution in [0, 0.1) is 12.1 Å². The predicted molar refractivity (Wildman–Crippen MR) is 151 cm³/mol.